The highest BCUT2D eigenvalue weighted by atomic mass is 16.7. The Kier molecular flexibility index (Phi) is 5.22. The fourth-order valence-electron chi connectivity index (χ4n) is 3.23. The fraction of sp³-hybridized carbons (Fsp3) is 0.867. The number of rotatable bonds is 6. The topological polar surface area (TPSA) is 38.7 Å². The highest BCUT2D eigenvalue weighted by Crippen LogP contribution is 2.44. The molecule has 1 aliphatic heterocycles. The minimum absolute atomic E-state index is 0.0662. The van der Waals surface area contributed by atoms with Crippen molar-refractivity contribution in [2.45, 2.75) is 63.9 Å². The third kappa shape index (κ3) is 3.14. The molecule has 1 aliphatic carbocycles. The van der Waals surface area contributed by atoms with E-state index in [1.54, 1.807) is 7.11 Å². The van der Waals surface area contributed by atoms with Gasteiger partial charge in [0.05, 0.1) is 12.2 Å². The first-order chi connectivity index (χ1) is 8.76. The molecule has 2 aliphatic rings. The molecule has 0 aromatic heterocycles. The summed E-state index contributed by atoms with van der Waals surface area (Å²) in [6, 6.07) is 0. The molecule has 3 nitrogen and oxygen atoms in total. The maximum atomic E-state index is 10.1. The molecule has 104 valence electrons. The molecule has 0 unspecified atom stereocenters. The van der Waals surface area contributed by atoms with Crippen LogP contribution in [0.5, 0.6) is 0 Å². The van der Waals surface area contributed by atoms with Crippen molar-refractivity contribution >= 4 is 0 Å². The summed E-state index contributed by atoms with van der Waals surface area (Å²) in [5.74, 6) is 0.698. The fourth-order valence-corrected chi connectivity index (χ4v) is 3.23. The van der Waals surface area contributed by atoms with Gasteiger partial charge in [0.2, 0.25) is 0 Å². The molecule has 18 heavy (non-hydrogen) atoms. The van der Waals surface area contributed by atoms with Gasteiger partial charge in [-0.1, -0.05) is 31.9 Å². The Morgan fingerprint density at radius 2 is 2.17 bits per heavy atom. The van der Waals surface area contributed by atoms with Crippen LogP contribution in [0.4, 0.5) is 0 Å². The molecule has 0 amide bonds. The van der Waals surface area contributed by atoms with Crippen LogP contribution in [0.25, 0.3) is 0 Å². The van der Waals surface area contributed by atoms with Gasteiger partial charge in [-0.2, -0.15) is 0 Å². The van der Waals surface area contributed by atoms with E-state index in [0.29, 0.717) is 5.92 Å². The first-order valence-electron chi connectivity index (χ1n) is 7.29. The average molecular weight is 254 g/mol. The molecule has 0 spiro atoms. The number of aliphatic hydroxyl groups excluding tert-OH is 1. The smallest absolute Gasteiger partial charge is 0.157 e. The highest BCUT2D eigenvalue weighted by Gasteiger charge is 2.48. The van der Waals surface area contributed by atoms with Crippen molar-refractivity contribution in [2.75, 3.05) is 7.11 Å². The van der Waals surface area contributed by atoms with Crippen molar-refractivity contribution in [3.63, 3.8) is 0 Å². The molecular weight excluding hydrogens is 228 g/mol. The van der Waals surface area contributed by atoms with Crippen LogP contribution in [0.2, 0.25) is 0 Å². The van der Waals surface area contributed by atoms with Gasteiger partial charge in [0, 0.05) is 25.9 Å². The van der Waals surface area contributed by atoms with Crippen LogP contribution in [0, 0.1) is 11.8 Å². The summed E-state index contributed by atoms with van der Waals surface area (Å²) in [5, 5.41) is 10.1. The zero-order chi connectivity index (χ0) is 13.0. The SMILES string of the molecule is CCCCCC=C[C@H]1[C@@H]2C[C@@H](OC)O[C@@H]2C[C@@H]1O. The molecule has 3 heteroatoms. The number of methoxy groups -OCH3 is 1. The Morgan fingerprint density at radius 3 is 2.89 bits per heavy atom. The summed E-state index contributed by atoms with van der Waals surface area (Å²) in [5.41, 5.74) is 0. The summed E-state index contributed by atoms with van der Waals surface area (Å²) in [6.07, 6.45) is 10.9. The molecule has 1 N–H and O–H groups in total. The van der Waals surface area contributed by atoms with Crippen molar-refractivity contribution in [2.24, 2.45) is 11.8 Å². The van der Waals surface area contributed by atoms with Crippen molar-refractivity contribution in [3.05, 3.63) is 12.2 Å². The number of ether oxygens (including phenoxy) is 2. The number of unbranched alkanes of at least 4 members (excludes halogenated alkanes) is 3. The zero-order valence-electron chi connectivity index (χ0n) is 11.5. The first-order valence-corrected chi connectivity index (χ1v) is 7.29. The quantitative estimate of drug-likeness (QED) is 0.585. The zero-order valence-corrected chi connectivity index (χ0v) is 11.5. The highest BCUT2D eigenvalue weighted by molar-refractivity contribution is 5.05. The molecule has 1 heterocycles. The predicted molar refractivity (Wildman–Crippen MR) is 71.2 cm³/mol. The Labute approximate surface area is 110 Å². The molecule has 0 aromatic rings. The number of allylic oxidation sites excluding steroid dienone is 1. The normalized spacial score (nSPS) is 39.6. The van der Waals surface area contributed by atoms with Gasteiger partial charge in [0.1, 0.15) is 0 Å². The van der Waals surface area contributed by atoms with E-state index in [4.69, 9.17) is 9.47 Å². The Hall–Kier alpha value is -0.380. The van der Waals surface area contributed by atoms with Crippen LogP contribution in [0.3, 0.4) is 0 Å². The lowest BCUT2D eigenvalue weighted by Crippen LogP contribution is -2.19. The largest absolute Gasteiger partial charge is 0.392 e. The maximum Gasteiger partial charge on any atom is 0.157 e. The molecule has 5 atom stereocenters. The Bertz CT molecular complexity index is 277. The summed E-state index contributed by atoms with van der Waals surface area (Å²) >= 11 is 0. The Morgan fingerprint density at radius 1 is 1.33 bits per heavy atom. The van der Waals surface area contributed by atoms with Crippen molar-refractivity contribution in [1.82, 2.24) is 0 Å². The number of fused-ring (bicyclic) bond motifs is 1. The standard InChI is InChI=1S/C15H26O3/c1-3-4-5-6-7-8-11-12-9-15(17-2)18-14(12)10-13(11)16/h7-8,11-16H,3-6,9-10H2,1-2H3/t11-,12-,13-,14+,15-/m0/s1. The molecule has 2 rings (SSSR count). The summed E-state index contributed by atoms with van der Waals surface area (Å²) in [4.78, 5) is 0. The number of hydrogen-bond acceptors (Lipinski definition) is 3. The average Bonchev–Trinajstić information content (AvgIpc) is 2.87. The molecular formula is C15H26O3. The van der Waals surface area contributed by atoms with Gasteiger partial charge in [0.25, 0.3) is 0 Å². The van der Waals surface area contributed by atoms with Crippen LogP contribution in [-0.2, 0) is 9.47 Å². The van der Waals surface area contributed by atoms with E-state index in [-0.39, 0.29) is 24.4 Å². The summed E-state index contributed by atoms with van der Waals surface area (Å²) < 4.78 is 11.0. The van der Waals surface area contributed by atoms with E-state index in [9.17, 15) is 5.11 Å². The van der Waals surface area contributed by atoms with Crippen molar-refractivity contribution < 1.29 is 14.6 Å². The second kappa shape index (κ2) is 6.69. The summed E-state index contributed by atoms with van der Waals surface area (Å²) in [7, 11) is 1.69. The number of hydrogen-bond donors (Lipinski definition) is 1. The third-order valence-electron chi connectivity index (χ3n) is 4.28. The second-order valence-electron chi connectivity index (χ2n) is 5.54. The Balaban J connectivity index is 1.83. The van der Waals surface area contributed by atoms with E-state index in [2.05, 4.69) is 19.1 Å². The van der Waals surface area contributed by atoms with E-state index in [1.807, 2.05) is 0 Å². The van der Waals surface area contributed by atoms with E-state index < -0.39 is 0 Å². The monoisotopic (exact) mass is 254 g/mol. The van der Waals surface area contributed by atoms with Crippen LogP contribution < -0.4 is 0 Å². The number of aliphatic hydroxyl groups is 1. The first kappa shape index (κ1) is 14.0. The molecule has 0 aromatic carbocycles. The second-order valence-corrected chi connectivity index (χ2v) is 5.54. The van der Waals surface area contributed by atoms with E-state index >= 15 is 0 Å². The minimum atomic E-state index is -0.236. The van der Waals surface area contributed by atoms with Crippen LogP contribution in [0.1, 0.15) is 45.4 Å². The predicted octanol–water partition coefficient (Wildman–Crippen LogP) is 2.88. The van der Waals surface area contributed by atoms with Gasteiger partial charge in [-0.25, -0.2) is 0 Å². The van der Waals surface area contributed by atoms with Gasteiger partial charge < -0.3 is 14.6 Å². The maximum absolute atomic E-state index is 10.1. The minimum Gasteiger partial charge on any atom is -0.392 e. The van der Waals surface area contributed by atoms with E-state index in [0.717, 1.165) is 19.3 Å². The molecule has 1 saturated heterocycles. The van der Waals surface area contributed by atoms with Gasteiger partial charge in [-0.05, 0) is 18.8 Å². The molecule has 2 fully saturated rings. The van der Waals surface area contributed by atoms with Gasteiger partial charge in [-0.3, -0.25) is 0 Å². The van der Waals surface area contributed by atoms with Gasteiger partial charge >= 0.3 is 0 Å². The van der Waals surface area contributed by atoms with Gasteiger partial charge in [0.15, 0.2) is 6.29 Å². The van der Waals surface area contributed by atoms with Crippen LogP contribution >= 0.6 is 0 Å². The van der Waals surface area contributed by atoms with Crippen LogP contribution in [-0.4, -0.2) is 30.7 Å². The lowest BCUT2D eigenvalue weighted by molar-refractivity contribution is -0.118. The van der Waals surface area contributed by atoms with Gasteiger partial charge in [-0.15, -0.1) is 0 Å². The lowest BCUT2D eigenvalue weighted by atomic mass is 9.91. The lowest BCUT2D eigenvalue weighted by Gasteiger charge is -2.16. The van der Waals surface area contributed by atoms with E-state index in [1.165, 1.54) is 19.3 Å². The third-order valence-corrected chi connectivity index (χ3v) is 4.28. The van der Waals surface area contributed by atoms with Crippen LogP contribution in [0.15, 0.2) is 12.2 Å². The van der Waals surface area contributed by atoms with Crippen molar-refractivity contribution in [3.8, 4) is 0 Å². The van der Waals surface area contributed by atoms with Crippen molar-refractivity contribution in [1.29, 1.82) is 0 Å². The summed E-state index contributed by atoms with van der Waals surface area (Å²) in [6.45, 7) is 2.22. The molecule has 1 saturated carbocycles. The molecule has 0 radical (unpaired) electrons. The molecule has 0 bridgehead atoms.